The number of hydrogen-bond acceptors (Lipinski definition) is 7. The van der Waals surface area contributed by atoms with E-state index in [1.807, 2.05) is 35.2 Å². The van der Waals surface area contributed by atoms with Gasteiger partial charge in [-0.25, -0.2) is 19.2 Å². The van der Waals surface area contributed by atoms with Gasteiger partial charge in [-0.15, -0.1) is 0 Å². The molecule has 206 valence electrons. The van der Waals surface area contributed by atoms with Gasteiger partial charge in [-0.05, 0) is 50.1 Å². The number of anilines is 2. The van der Waals surface area contributed by atoms with Gasteiger partial charge in [-0.3, -0.25) is 4.79 Å². The highest BCUT2D eigenvalue weighted by Crippen LogP contribution is 2.23. The topological polar surface area (TPSA) is 90.9 Å². The molecule has 3 aromatic rings. The number of nitrogens with one attached hydrogen (secondary N) is 1. The van der Waals surface area contributed by atoms with Crippen LogP contribution in [0.5, 0.6) is 0 Å². The van der Waals surface area contributed by atoms with Crippen molar-refractivity contribution in [2.75, 3.05) is 49.6 Å². The minimum Gasteiger partial charge on any atom is -0.444 e. The molecule has 39 heavy (non-hydrogen) atoms. The Kier molecular flexibility index (Phi) is 8.63. The number of likely N-dealkylation sites (N-methyl/N-ethyl adjacent to an activating group) is 1. The first kappa shape index (κ1) is 27.8. The molecule has 1 aliphatic heterocycles. The van der Waals surface area contributed by atoms with E-state index in [9.17, 15) is 14.0 Å². The molecule has 1 N–H and O–H groups in total. The van der Waals surface area contributed by atoms with Crippen LogP contribution in [0.4, 0.5) is 20.8 Å². The Balaban J connectivity index is 1.31. The molecule has 1 aliphatic rings. The van der Waals surface area contributed by atoms with E-state index in [4.69, 9.17) is 4.74 Å². The number of nitrogens with zero attached hydrogens (tertiary/aromatic N) is 5. The molecule has 2 amide bonds. The van der Waals surface area contributed by atoms with Gasteiger partial charge in [-0.2, -0.15) is 0 Å². The summed E-state index contributed by atoms with van der Waals surface area (Å²) < 4.78 is 19.3. The van der Waals surface area contributed by atoms with Gasteiger partial charge < -0.3 is 24.8 Å². The van der Waals surface area contributed by atoms with Crippen LogP contribution in [-0.2, 0) is 16.1 Å². The molecule has 1 saturated heterocycles. The average molecular weight is 535 g/mol. The molecular formula is C29H35FN6O3. The van der Waals surface area contributed by atoms with Crippen LogP contribution in [0.2, 0.25) is 0 Å². The van der Waals surface area contributed by atoms with E-state index in [0.29, 0.717) is 44.4 Å². The Morgan fingerprint density at radius 1 is 0.974 bits per heavy atom. The number of alkyl carbamates (subject to hydrolysis) is 1. The van der Waals surface area contributed by atoms with Crippen molar-refractivity contribution in [1.29, 1.82) is 0 Å². The van der Waals surface area contributed by atoms with Crippen molar-refractivity contribution in [3.05, 3.63) is 72.3 Å². The lowest BCUT2D eigenvalue weighted by molar-refractivity contribution is -0.129. The third kappa shape index (κ3) is 7.66. The fourth-order valence-electron chi connectivity index (χ4n) is 4.30. The SMILES string of the molecule is CN(Cc1cccc(-c2cnc(N3CCN(c4ccccc4F)CC3)nc2)c1)C(=O)CNC(=O)OC(C)(C)C. The Morgan fingerprint density at radius 2 is 1.64 bits per heavy atom. The van der Waals surface area contributed by atoms with E-state index in [-0.39, 0.29) is 18.3 Å². The summed E-state index contributed by atoms with van der Waals surface area (Å²) in [5.41, 5.74) is 2.75. The van der Waals surface area contributed by atoms with Gasteiger partial charge in [0.1, 0.15) is 18.0 Å². The Morgan fingerprint density at radius 3 is 2.31 bits per heavy atom. The van der Waals surface area contributed by atoms with Crippen LogP contribution in [-0.4, -0.2) is 72.2 Å². The molecule has 1 aromatic heterocycles. The number of ether oxygens (including phenoxy) is 1. The summed E-state index contributed by atoms with van der Waals surface area (Å²) in [7, 11) is 1.69. The first-order valence-corrected chi connectivity index (χ1v) is 13.0. The fraction of sp³-hybridized carbons (Fsp3) is 0.379. The minimum absolute atomic E-state index is 0.144. The molecular weight excluding hydrogens is 499 g/mol. The molecule has 9 nitrogen and oxygen atoms in total. The molecule has 1 fully saturated rings. The molecule has 0 saturated carbocycles. The Bertz CT molecular complexity index is 1290. The van der Waals surface area contributed by atoms with E-state index in [1.54, 1.807) is 57.2 Å². The van der Waals surface area contributed by atoms with Crippen LogP contribution < -0.4 is 15.1 Å². The second-order valence-electron chi connectivity index (χ2n) is 10.5. The summed E-state index contributed by atoms with van der Waals surface area (Å²) in [6, 6.07) is 14.7. The molecule has 2 aromatic carbocycles. The zero-order valence-electron chi connectivity index (χ0n) is 22.9. The zero-order chi connectivity index (χ0) is 28.0. The van der Waals surface area contributed by atoms with Crippen molar-refractivity contribution >= 4 is 23.6 Å². The number of benzene rings is 2. The summed E-state index contributed by atoms with van der Waals surface area (Å²) in [5, 5.41) is 2.50. The second kappa shape index (κ2) is 12.1. The van der Waals surface area contributed by atoms with Gasteiger partial charge in [0.2, 0.25) is 11.9 Å². The Hall–Kier alpha value is -4.21. The molecule has 0 bridgehead atoms. The highest BCUT2D eigenvalue weighted by molar-refractivity contribution is 5.82. The molecule has 2 heterocycles. The van der Waals surface area contributed by atoms with Crippen LogP contribution >= 0.6 is 0 Å². The van der Waals surface area contributed by atoms with Crippen LogP contribution in [0.15, 0.2) is 60.9 Å². The molecule has 0 atom stereocenters. The van der Waals surface area contributed by atoms with Crippen LogP contribution in [0, 0.1) is 5.82 Å². The van der Waals surface area contributed by atoms with Gasteiger partial charge in [0.15, 0.2) is 0 Å². The van der Waals surface area contributed by atoms with Crippen molar-refractivity contribution in [2.24, 2.45) is 0 Å². The molecule has 0 radical (unpaired) electrons. The summed E-state index contributed by atoms with van der Waals surface area (Å²) >= 11 is 0. The average Bonchev–Trinajstić information content (AvgIpc) is 2.91. The standard InChI is InChI=1S/C29H35FN6O3/c1-29(2,3)39-28(38)33-19-26(37)34(4)20-21-8-7-9-22(16-21)23-17-31-27(32-18-23)36-14-12-35(13-15-36)25-11-6-5-10-24(25)30/h5-11,16-18H,12-15,19-20H2,1-4H3,(H,33,38). The first-order valence-electron chi connectivity index (χ1n) is 13.0. The second-order valence-corrected chi connectivity index (χ2v) is 10.5. The number of carbonyl (C=O) groups is 2. The summed E-state index contributed by atoms with van der Waals surface area (Å²) in [4.78, 5) is 39.2. The predicted molar refractivity (Wildman–Crippen MR) is 149 cm³/mol. The number of aromatic nitrogens is 2. The van der Waals surface area contributed by atoms with Crippen molar-refractivity contribution in [3.8, 4) is 11.1 Å². The number of piperazine rings is 1. The molecule has 0 unspecified atom stereocenters. The highest BCUT2D eigenvalue weighted by atomic mass is 19.1. The maximum Gasteiger partial charge on any atom is 0.408 e. The molecule has 0 spiro atoms. The van der Waals surface area contributed by atoms with Crippen LogP contribution in [0.3, 0.4) is 0 Å². The predicted octanol–water partition coefficient (Wildman–Crippen LogP) is 4.09. The third-order valence-electron chi connectivity index (χ3n) is 6.28. The van der Waals surface area contributed by atoms with Gasteiger partial charge in [0, 0.05) is 57.7 Å². The number of carbonyl (C=O) groups excluding carboxylic acids is 2. The van der Waals surface area contributed by atoms with Crippen LogP contribution in [0.1, 0.15) is 26.3 Å². The van der Waals surface area contributed by atoms with E-state index < -0.39 is 11.7 Å². The Labute approximate surface area is 228 Å². The van der Waals surface area contributed by atoms with Gasteiger partial charge >= 0.3 is 6.09 Å². The summed E-state index contributed by atoms with van der Waals surface area (Å²) in [6.45, 7) is 8.32. The summed E-state index contributed by atoms with van der Waals surface area (Å²) in [6.07, 6.45) is 2.97. The van der Waals surface area contributed by atoms with Crippen molar-refractivity contribution in [3.63, 3.8) is 0 Å². The van der Waals surface area contributed by atoms with E-state index in [2.05, 4.69) is 20.2 Å². The highest BCUT2D eigenvalue weighted by Gasteiger charge is 2.21. The van der Waals surface area contributed by atoms with Crippen molar-refractivity contribution in [2.45, 2.75) is 32.9 Å². The fourth-order valence-corrected chi connectivity index (χ4v) is 4.30. The van der Waals surface area contributed by atoms with Gasteiger partial charge in [0.05, 0.1) is 5.69 Å². The maximum atomic E-state index is 14.1. The number of para-hydroxylation sites is 1. The van der Waals surface area contributed by atoms with E-state index in [1.165, 1.54) is 6.07 Å². The number of halogens is 1. The largest absolute Gasteiger partial charge is 0.444 e. The smallest absolute Gasteiger partial charge is 0.408 e. The lowest BCUT2D eigenvalue weighted by Crippen LogP contribution is -2.47. The molecule has 0 aliphatic carbocycles. The lowest BCUT2D eigenvalue weighted by atomic mass is 10.1. The van der Waals surface area contributed by atoms with Gasteiger partial charge in [-0.1, -0.05) is 30.3 Å². The normalized spacial score (nSPS) is 13.7. The van der Waals surface area contributed by atoms with Crippen LogP contribution in [0.25, 0.3) is 11.1 Å². The molecule has 10 heteroatoms. The monoisotopic (exact) mass is 534 g/mol. The quantitative estimate of drug-likeness (QED) is 0.488. The number of hydrogen-bond donors (Lipinski definition) is 1. The first-order chi connectivity index (χ1) is 18.6. The van der Waals surface area contributed by atoms with E-state index >= 15 is 0 Å². The molecule has 4 rings (SSSR count). The zero-order valence-corrected chi connectivity index (χ0v) is 22.9. The maximum absolute atomic E-state index is 14.1. The minimum atomic E-state index is -0.626. The van der Waals surface area contributed by atoms with Gasteiger partial charge in [0.25, 0.3) is 0 Å². The van der Waals surface area contributed by atoms with Crippen molar-refractivity contribution < 1.29 is 18.7 Å². The number of amides is 2. The third-order valence-corrected chi connectivity index (χ3v) is 6.28. The number of rotatable bonds is 7. The van der Waals surface area contributed by atoms with Crippen molar-refractivity contribution in [1.82, 2.24) is 20.2 Å². The summed E-state index contributed by atoms with van der Waals surface area (Å²) in [5.74, 6) is 0.210. The lowest BCUT2D eigenvalue weighted by Gasteiger charge is -2.36. The van der Waals surface area contributed by atoms with E-state index in [0.717, 1.165) is 16.7 Å².